The van der Waals surface area contributed by atoms with Crippen LogP contribution in [0.1, 0.15) is 0 Å². The summed E-state index contributed by atoms with van der Waals surface area (Å²) in [6.45, 7) is 0. The van der Waals surface area contributed by atoms with Crippen molar-refractivity contribution in [3.8, 4) is 0 Å². The minimum Gasteiger partial charge on any atom is -0.590 e. The van der Waals surface area contributed by atoms with E-state index in [0.717, 1.165) is 0 Å². The van der Waals surface area contributed by atoms with E-state index in [-0.39, 0.29) is 24.5 Å². The molecular weight excluding hydrogens is 325 g/mol. The fraction of sp³-hybridized carbons (Fsp3) is 0.833. The summed E-state index contributed by atoms with van der Waals surface area (Å²) in [6, 6.07) is 0. The van der Waals surface area contributed by atoms with Crippen molar-refractivity contribution in [3.63, 3.8) is 0 Å². The molecule has 10 heteroatoms. The SMILES string of the molecule is CN(C)C(=O)C[B-]1(Cl)[N+](C)(C)[B-](Cl)(CC(=O)N(C)C)[N+]1(C)C. The van der Waals surface area contributed by atoms with E-state index in [4.69, 9.17) is 22.9 Å². The zero-order chi connectivity index (χ0) is 17.7. The number of amides is 2. The lowest BCUT2D eigenvalue weighted by Crippen LogP contribution is -3.03. The fourth-order valence-electron chi connectivity index (χ4n) is 3.91. The molecule has 0 aliphatic carbocycles. The molecule has 0 bridgehead atoms. The second-order valence-electron chi connectivity index (χ2n) is 7.90. The summed E-state index contributed by atoms with van der Waals surface area (Å²) in [4.78, 5) is 27.5. The van der Waals surface area contributed by atoms with Gasteiger partial charge in [0.05, 0.1) is 0 Å². The van der Waals surface area contributed by atoms with Gasteiger partial charge < -0.3 is 18.4 Å². The van der Waals surface area contributed by atoms with Gasteiger partial charge in [-0.15, -0.1) is 0 Å². The normalized spacial score (nSPS) is 32.1. The quantitative estimate of drug-likeness (QED) is 0.698. The lowest BCUT2D eigenvalue weighted by Gasteiger charge is -2.87. The highest BCUT2D eigenvalue weighted by Crippen LogP contribution is 2.56. The third-order valence-corrected chi connectivity index (χ3v) is 8.27. The Balaban J connectivity index is 3.18. The van der Waals surface area contributed by atoms with Crippen molar-refractivity contribution >= 4 is 46.4 Å². The molecule has 0 unspecified atom stereocenters. The molecule has 0 N–H and O–H groups in total. The number of hydrogen-bond acceptors (Lipinski definition) is 2. The molecule has 0 atom stereocenters. The zero-order valence-electron chi connectivity index (χ0n) is 14.9. The molecule has 6 nitrogen and oxygen atoms in total. The Morgan fingerprint density at radius 2 is 1.00 bits per heavy atom. The first kappa shape index (κ1) is 19.6. The van der Waals surface area contributed by atoms with Crippen molar-refractivity contribution in [1.82, 2.24) is 9.80 Å². The Hall–Kier alpha value is -0.430. The van der Waals surface area contributed by atoms with Crippen LogP contribution in [0.25, 0.3) is 0 Å². The molecule has 0 aromatic heterocycles. The first-order valence-corrected chi connectivity index (χ1v) is 8.30. The van der Waals surface area contributed by atoms with Crippen LogP contribution in [0, 0.1) is 0 Å². The Kier molecular flexibility index (Phi) is 4.98. The molecular formula is C12H28B2Cl2N4O2. The van der Waals surface area contributed by atoms with Gasteiger partial charge in [0, 0.05) is 40.8 Å². The average molecular weight is 353 g/mol. The van der Waals surface area contributed by atoms with Gasteiger partial charge in [-0.25, -0.2) is 22.9 Å². The summed E-state index contributed by atoms with van der Waals surface area (Å²) >= 11 is 13.9. The summed E-state index contributed by atoms with van der Waals surface area (Å²) in [6.07, 6.45) is 0.446. The molecule has 22 heavy (non-hydrogen) atoms. The second kappa shape index (κ2) is 5.58. The maximum atomic E-state index is 12.2. The van der Waals surface area contributed by atoms with Crippen LogP contribution in [0.15, 0.2) is 0 Å². The van der Waals surface area contributed by atoms with Gasteiger partial charge in [-0.05, 0) is 28.2 Å². The molecule has 1 rings (SSSR count). The minimum atomic E-state index is -1.68. The van der Waals surface area contributed by atoms with E-state index in [1.807, 2.05) is 28.2 Å². The molecule has 2 amide bonds. The topological polar surface area (TPSA) is 40.6 Å². The Morgan fingerprint density at radius 3 is 1.18 bits per heavy atom. The minimum absolute atomic E-state index is 0.0270. The van der Waals surface area contributed by atoms with Crippen LogP contribution in [0.2, 0.25) is 12.6 Å². The van der Waals surface area contributed by atoms with Crippen molar-refractivity contribution in [2.45, 2.75) is 12.6 Å². The Morgan fingerprint density at radius 1 is 0.773 bits per heavy atom. The van der Waals surface area contributed by atoms with Crippen LogP contribution < -0.4 is 0 Å². The van der Waals surface area contributed by atoms with E-state index in [9.17, 15) is 9.59 Å². The van der Waals surface area contributed by atoms with Gasteiger partial charge in [0.2, 0.25) is 11.8 Å². The monoisotopic (exact) mass is 352 g/mol. The van der Waals surface area contributed by atoms with E-state index in [2.05, 4.69) is 0 Å². The highest BCUT2D eigenvalue weighted by Gasteiger charge is 2.76. The second-order valence-corrected chi connectivity index (χ2v) is 9.30. The van der Waals surface area contributed by atoms with Crippen molar-refractivity contribution < 1.29 is 18.2 Å². The molecule has 1 saturated heterocycles. The number of carbonyl (C=O) groups excluding carboxylic acids is 2. The molecule has 1 fully saturated rings. The van der Waals surface area contributed by atoms with Crippen molar-refractivity contribution in [3.05, 3.63) is 0 Å². The van der Waals surface area contributed by atoms with Crippen LogP contribution in [0.3, 0.4) is 0 Å². The van der Waals surface area contributed by atoms with Gasteiger partial charge in [-0.1, -0.05) is 0 Å². The molecule has 1 aliphatic rings. The predicted octanol–water partition coefficient (Wildman–Crippen LogP) is 0.685. The summed E-state index contributed by atoms with van der Waals surface area (Å²) < 4.78 is 0.602. The maximum Gasteiger partial charge on any atom is 0.431 e. The van der Waals surface area contributed by atoms with Crippen molar-refractivity contribution in [1.29, 1.82) is 0 Å². The number of nitrogens with zero attached hydrogens (tertiary/aromatic N) is 4. The largest absolute Gasteiger partial charge is 0.590 e. The lowest BCUT2D eigenvalue weighted by molar-refractivity contribution is -0.924. The number of hydrogen-bond donors (Lipinski definition) is 0. The molecule has 0 aromatic rings. The van der Waals surface area contributed by atoms with Gasteiger partial charge in [0.15, 0.2) is 0 Å². The Bertz CT molecular complexity index is 442. The van der Waals surface area contributed by atoms with E-state index in [0.29, 0.717) is 8.61 Å². The number of quaternary nitrogens is 2. The first-order chi connectivity index (χ1) is 9.65. The maximum absolute atomic E-state index is 12.2. The smallest absolute Gasteiger partial charge is 0.431 e. The highest BCUT2D eigenvalue weighted by molar-refractivity contribution is 7.30. The standard InChI is InChI=1S/C12H28B2Cl2N4O2/c1-17(2)11(21)9-13(15)19(5,6)14(16,20(13,7)8)10-12(22)18(3)4/h9-10H2,1-8H3. The van der Waals surface area contributed by atoms with Crippen LogP contribution in [0.4, 0.5) is 0 Å². The summed E-state index contributed by atoms with van der Waals surface area (Å²) in [7, 11) is 14.6. The third-order valence-electron chi connectivity index (χ3n) is 5.95. The molecule has 1 aliphatic heterocycles. The van der Waals surface area contributed by atoms with E-state index >= 15 is 0 Å². The molecule has 0 radical (unpaired) electrons. The molecule has 1 heterocycles. The summed E-state index contributed by atoms with van der Waals surface area (Å²) in [5, 5.41) is 0. The molecule has 128 valence electrons. The van der Waals surface area contributed by atoms with Gasteiger partial charge in [-0.2, -0.15) is 0 Å². The van der Waals surface area contributed by atoms with Gasteiger partial charge >= 0.3 is 11.7 Å². The third kappa shape index (κ3) is 2.35. The fourth-order valence-corrected chi connectivity index (χ4v) is 5.04. The number of rotatable bonds is 4. The van der Waals surface area contributed by atoms with Crippen LogP contribution >= 0.6 is 22.9 Å². The molecule has 0 aromatic carbocycles. The molecule has 0 spiro atoms. The van der Waals surface area contributed by atoms with Crippen LogP contribution in [-0.2, 0) is 9.59 Å². The predicted molar refractivity (Wildman–Crippen MR) is 94.4 cm³/mol. The number of halogens is 2. The first-order valence-electron chi connectivity index (χ1n) is 7.43. The van der Waals surface area contributed by atoms with Crippen LogP contribution in [0.5, 0.6) is 0 Å². The summed E-state index contributed by atoms with van der Waals surface area (Å²) in [5.74, 6) is -3.41. The zero-order valence-corrected chi connectivity index (χ0v) is 16.4. The van der Waals surface area contributed by atoms with E-state index < -0.39 is 11.7 Å². The van der Waals surface area contributed by atoms with Gasteiger partial charge in [0.1, 0.15) is 0 Å². The Labute approximate surface area is 143 Å². The van der Waals surface area contributed by atoms with E-state index in [1.165, 1.54) is 9.80 Å². The highest BCUT2D eigenvalue weighted by atomic mass is 35.5. The van der Waals surface area contributed by atoms with Crippen molar-refractivity contribution in [2.75, 3.05) is 56.4 Å². The lowest BCUT2D eigenvalue weighted by atomic mass is 9.32. The van der Waals surface area contributed by atoms with Gasteiger partial charge in [0.25, 0.3) is 0 Å². The van der Waals surface area contributed by atoms with E-state index in [1.54, 1.807) is 28.2 Å². The summed E-state index contributed by atoms with van der Waals surface area (Å²) in [5.41, 5.74) is 0. The number of carbonyl (C=O) groups is 2. The molecule has 0 saturated carbocycles. The van der Waals surface area contributed by atoms with Crippen LogP contribution in [-0.4, -0.2) is 98.3 Å². The van der Waals surface area contributed by atoms with Gasteiger partial charge in [-0.3, -0.25) is 9.59 Å². The average Bonchev–Trinajstić information content (AvgIpc) is 2.36. The van der Waals surface area contributed by atoms with Crippen molar-refractivity contribution in [2.24, 2.45) is 0 Å².